The van der Waals surface area contributed by atoms with E-state index in [0.29, 0.717) is 18.5 Å². The zero-order chi connectivity index (χ0) is 12.0. The van der Waals surface area contributed by atoms with E-state index in [1.807, 2.05) is 6.92 Å². The summed E-state index contributed by atoms with van der Waals surface area (Å²) in [5.41, 5.74) is 5.81. The van der Waals surface area contributed by atoms with Crippen LogP contribution >= 0.6 is 0 Å². The van der Waals surface area contributed by atoms with Crippen molar-refractivity contribution in [3.05, 3.63) is 0 Å². The van der Waals surface area contributed by atoms with Crippen LogP contribution in [-0.2, 0) is 9.53 Å². The fourth-order valence-electron chi connectivity index (χ4n) is 2.02. The van der Waals surface area contributed by atoms with E-state index in [1.165, 1.54) is 0 Å². The molecule has 0 aliphatic heterocycles. The topological polar surface area (TPSA) is 64.3 Å². The van der Waals surface area contributed by atoms with Gasteiger partial charge in [0.15, 0.2) is 0 Å². The summed E-state index contributed by atoms with van der Waals surface area (Å²) in [4.78, 5) is 11.6. The smallest absolute Gasteiger partial charge is 0.220 e. The first-order valence-corrected chi connectivity index (χ1v) is 6.19. The first-order chi connectivity index (χ1) is 7.61. The molecule has 4 heteroatoms. The molecule has 1 saturated carbocycles. The number of carbonyl (C=O) groups excluding carboxylic acids is 1. The molecule has 0 spiro atoms. The SMILES string of the molecule is COC(C)CCC(=O)NC1CCC(N)CC1. The van der Waals surface area contributed by atoms with Crippen molar-refractivity contribution >= 4 is 5.91 Å². The molecule has 1 rings (SSSR count). The van der Waals surface area contributed by atoms with Crippen molar-refractivity contribution in [2.45, 2.75) is 63.6 Å². The van der Waals surface area contributed by atoms with Crippen LogP contribution in [0.3, 0.4) is 0 Å². The van der Waals surface area contributed by atoms with Crippen molar-refractivity contribution < 1.29 is 9.53 Å². The predicted octanol–water partition coefficient (Wildman–Crippen LogP) is 1.19. The second-order valence-electron chi connectivity index (χ2n) is 4.76. The number of nitrogens with one attached hydrogen (secondary N) is 1. The third kappa shape index (κ3) is 4.94. The molecular formula is C12H24N2O2. The Hall–Kier alpha value is -0.610. The highest BCUT2D eigenvalue weighted by atomic mass is 16.5. The minimum atomic E-state index is 0.143. The van der Waals surface area contributed by atoms with Gasteiger partial charge in [-0.3, -0.25) is 4.79 Å². The molecule has 0 aromatic heterocycles. The molecule has 0 heterocycles. The molecule has 0 aromatic carbocycles. The van der Waals surface area contributed by atoms with Gasteiger partial charge in [-0.05, 0) is 39.0 Å². The molecule has 0 radical (unpaired) electrons. The van der Waals surface area contributed by atoms with Gasteiger partial charge in [0.2, 0.25) is 5.91 Å². The van der Waals surface area contributed by atoms with Gasteiger partial charge in [-0.25, -0.2) is 0 Å². The monoisotopic (exact) mass is 228 g/mol. The van der Waals surface area contributed by atoms with E-state index in [-0.39, 0.29) is 12.0 Å². The van der Waals surface area contributed by atoms with Crippen LogP contribution in [0.15, 0.2) is 0 Å². The maximum atomic E-state index is 11.6. The summed E-state index contributed by atoms with van der Waals surface area (Å²) in [6.45, 7) is 1.98. The summed E-state index contributed by atoms with van der Waals surface area (Å²) in [5.74, 6) is 0.143. The molecule has 0 saturated heterocycles. The quantitative estimate of drug-likeness (QED) is 0.743. The number of hydrogen-bond acceptors (Lipinski definition) is 3. The van der Waals surface area contributed by atoms with Gasteiger partial charge in [0, 0.05) is 25.6 Å². The van der Waals surface area contributed by atoms with Crippen LogP contribution < -0.4 is 11.1 Å². The molecule has 1 amide bonds. The van der Waals surface area contributed by atoms with E-state index in [4.69, 9.17) is 10.5 Å². The Morgan fingerprint density at radius 1 is 1.44 bits per heavy atom. The van der Waals surface area contributed by atoms with Crippen molar-refractivity contribution in [2.24, 2.45) is 5.73 Å². The normalized spacial score (nSPS) is 27.4. The number of rotatable bonds is 5. The highest BCUT2D eigenvalue weighted by molar-refractivity contribution is 5.76. The fraction of sp³-hybridized carbons (Fsp3) is 0.917. The average Bonchev–Trinajstić information content (AvgIpc) is 2.29. The molecule has 1 unspecified atom stereocenters. The summed E-state index contributed by atoms with van der Waals surface area (Å²) >= 11 is 0. The third-order valence-corrected chi connectivity index (χ3v) is 3.32. The van der Waals surface area contributed by atoms with Gasteiger partial charge in [-0.1, -0.05) is 0 Å². The molecule has 0 bridgehead atoms. The zero-order valence-corrected chi connectivity index (χ0v) is 10.4. The summed E-state index contributed by atoms with van der Waals surface area (Å²) < 4.78 is 5.11. The second-order valence-corrected chi connectivity index (χ2v) is 4.76. The van der Waals surface area contributed by atoms with Crippen molar-refractivity contribution in [3.8, 4) is 0 Å². The molecule has 1 aliphatic carbocycles. The number of hydrogen-bond donors (Lipinski definition) is 2. The van der Waals surface area contributed by atoms with E-state index in [2.05, 4.69) is 5.32 Å². The van der Waals surface area contributed by atoms with Gasteiger partial charge in [-0.2, -0.15) is 0 Å². The van der Waals surface area contributed by atoms with Gasteiger partial charge >= 0.3 is 0 Å². The summed E-state index contributed by atoms with van der Waals surface area (Å²) in [6.07, 6.45) is 5.59. The predicted molar refractivity (Wildman–Crippen MR) is 64.1 cm³/mol. The van der Waals surface area contributed by atoms with Crippen molar-refractivity contribution in [1.29, 1.82) is 0 Å². The Kier molecular flexibility index (Phi) is 5.77. The summed E-state index contributed by atoms with van der Waals surface area (Å²) in [7, 11) is 1.67. The lowest BCUT2D eigenvalue weighted by Crippen LogP contribution is -2.40. The maximum absolute atomic E-state index is 11.6. The Bertz CT molecular complexity index is 213. The molecule has 1 fully saturated rings. The van der Waals surface area contributed by atoms with Crippen molar-refractivity contribution in [1.82, 2.24) is 5.32 Å². The standard InChI is InChI=1S/C12H24N2O2/c1-9(16-2)3-8-12(15)14-11-6-4-10(13)5-7-11/h9-11H,3-8,13H2,1-2H3,(H,14,15). The van der Waals surface area contributed by atoms with Gasteiger partial charge in [-0.15, -0.1) is 0 Å². The largest absolute Gasteiger partial charge is 0.382 e. The Labute approximate surface area is 97.9 Å². The average molecular weight is 228 g/mol. The van der Waals surface area contributed by atoms with E-state index in [1.54, 1.807) is 7.11 Å². The number of ether oxygens (including phenoxy) is 1. The van der Waals surface area contributed by atoms with Crippen LogP contribution in [0.1, 0.15) is 45.4 Å². The highest BCUT2D eigenvalue weighted by Crippen LogP contribution is 2.17. The molecular weight excluding hydrogens is 204 g/mol. The van der Waals surface area contributed by atoms with Crippen LogP contribution in [-0.4, -0.2) is 31.2 Å². The van der Waals surface area contributed by atoms with Crippen molar-refractivity contribution in [3.63, 3.8) is 0 Å². The van der Waals surface area contributed by atoms with Crippen LogP contribution in [0.4, 0.5) is 0 Å². The zero-order valence-electron chi connectivity index (χ0n) is 10.4. The molecule has 4 nitrogen and oxygen atoms in total. The van der Waals surface area contributed by atoms with Crippen LogP contribution in [0.2, 0.25) is 0 Å². The van der Waals surface area contributed by atoms with E-state index < -0.39 is 0 Å². The maximum Gasteiger partial charge on any atom is 0.220 e. The van der Waals surface area contributed by atoms with Gasteiger partial charge in [0.25, 0.3) is 0 Å². The molecule has 0 aromatic rings. The molecule has 1 atom stereocenters. The van der Waals surface area contributed by atoms with Gasteiger partial charge in [0.1, 0.15) is 0 Å². The molecule has 94 valence electrons. The Balaban J connectivity index is 2.14. The second kappa shape index (κ2) is 6.86. The Morgan fingerprint density at radius 2 is 2.06 bits per heavy atom. The number of carbonyl (C=O) groups is 1. The molecule has 16 heavy (non-hydrogen) atoms. The lowest BCUT2D eigenvalue weighted by atomic mass is 9.92. The third-order valence-electron chi connectivity index (χ3n) is 3.32. The highest BCUT2D eigenvalue weighted by Gasteiger charge is 2.19. The summed E-state index contributed by atoms with van der Waals surface area (Å²) in [5, 5.41) is 3.07. The first kappa shape index (κ1) is 13.5. The lowest BCUT2D eigenvalue weighted by Gasteiger charge is -2.26. The number of amides is 1. The van der Waals surface area contributed by atoms with Crippen LogP contribution in [0.5, 0.6) is 0 Å². The minimum Gasteiger partial charge on any atom is -0.382 e. The minimum absolute atomic E-state index is 0.143. The van der Waals surface area contributed by atoms with E-state index in [0.717, 1.165) is 32.1 Å². The lowest BCUT2D eigenvalue weighted by molar-refractivity contribution is -0.122. The number of nitrogens with two attached hydrogens (primary N) is 1. The van der Waals surface area contributed by atoms with Crippen molar-refractivity contribution in [2.75, 3.05) is 7.11 Å². The first-order valence-electron chi connectivity index (χ1n) is 6.19. The number of methoxy groups -OCH3 is 1. The van der Waals surface area contributed by atoms with Gasteiger partial charge in [0.05, 0.1) is 6.10 Å². The molecule has 3 N–H and O–H groups in total. The van der Waals surface area contributed by atoms with Gasteiger partial charge < -0.3 is 15.8 Å². The van der Waals surface area contributed by atoms with Crippen LogP contribution in [0.25, 0.3) is 0 Å². The fourth-order valence-corrected chi connectivity index (χ4v) is 2.02. The van der Waals surface area contributed by atoms with E-state index in [9.17, 15) is 4.79 Å². The van der Waals surface area contributed by atoms with Crippen LogP contribution in [0, 0.1) is 0 Å². The van der Waals surface area contributed by atoms with E-state index >= 15 is 0 Å². The Morgan fingerprint density at radius 3 is 2.62 bits per heavy atom. The summed E-state index contributed by atoms with van der Waals surface area (Å²) in [6, 6.07) is 0.673. The molecule has 1 aliphatic rings.